The Morgan fingerprint density at radius 2 is 1.94 bits per heavy atom. The molecule has 0 radical (unpaired) electrons. The van der Waals surface area contributed by atoms with Gasteiger partial charge in [0.25, 0.3) is 5.91 Å². The zero-order valence-corrected chi connectivity index (χ0v) is 16.9. The van der Waals surface area contributed by atoms with Crippen molar-refractivity contribution in [3.8, 4) is 0 Å². The lowest BCUT2D eigenvalue weighted by Gasteiger charge is -2.28. The highest BCUT2D eigenvalue weighted by Crippen LogP contribution is 2.39. The van der Waals surface area contributed by atoms with Crippen LogP contribution in [0.3, 0.4) is 0 Å². The number of halogens is 5. The summed E-state index contributed by atoms with van der Waals surface area (Å²) in [5.41, 5.74) is -0.786. The van der Waals surface area contributed by atoms with E-state index in [4.69, 9.17) is 0 Å². The molecule has 2 aromatic heterocycles. The summed E-state index contributed by atoms with van der Waals surface area (Å²) in [5.74, 6) is -3.35. The highest BCUT2D eigenvalue weighted by atomic mass is 19.4. The molecule has 4 rings (SSSR count). The minimum absolute atomic E-state index is 0.000742. The van der Waals surface area contributed by atoms with E-state index >= 15 is 0 Å². The van der Waals surface area contributed by atoms with Crippen LogP contribution in [0.15, 0.2) is 30.5 Å². The summed E-state index contributed by atoms with van der Waals surface area (Å²) in [6.45, 7) is 0. The van der Waals surface area contributed by atoms with Gasteiger partial charge in [-0.25, -0.2) is 13.8 Å². The zero-order valence-electron chi connectivity index (χ0n) is 16.9. The molecule has 2 aliphatic carbocycles. The lowest BCUT2D eigenvalue weighted by molar-refractivity contribution is -0.141. The highest BCUT2D eigenvalue weighted by Gasteiger charge is 2.40. The molecule has 31 heavy (non-hydrogen) atoms. The van der Waals surface area contributed by atoms with Gasteiger partial charge in [0.2, 0.25) is 5.92 Å². The van der Waals surface area contributed by atoms with Crippen molar-refractivity contribution in [2.75, 3.05) is 0 Å². The molecule has 168 valence electrons. The molecule has 1 amide bonds. The van der Waals surface area contributed by atoms with Gasteiger partial charge in [-0.05, 0) is 56.6 Å². The maximum absolute atomic E-state index is 13.7. The second-order valence-electron chi connectivity index (χ2n) is 8.51. The van der Waals surface area contributed by atoms with E-state index in [1.54, 1.807) is 0 Å². The van der Waals surface area contributed by atoms with Crippen molar-refractivity contribution in [3.63, 3.8) is 0 Å². The van der Waals surface area contributed by atoms with E-state index in [9.17, 15) is 26.7 Å². The molecule has 1 N–H and O–H groups in total. The number of pyridine rings is 1. The molecule has 1 fully saturated rings. The molecule has 2 aromatic rings. The Morgan fingerprint density at radius 3 is 2.58 bits per heavy atom. The maximum Gasteiger partial charge on any atom is 0.435 e. The van der Waals surface area contributed by atoms with Crippen LogP contribution >= 0.6 is 0 Å². The number of amides is 1. The van der Waals surface area contributed by atoms with Crippen molar-refractivity contribution >= 4 is 11.6 Å². The van der Waals surface area contributed by atoms with Crippen LogP contribution in [0.2, 0.25) is 0 Å². The summed E-state index contributed by atoms with van der Waals surface area (Å²) in [7, 11) is 0. The van der Waals surface area contributed by atoms with Crippen LogP contribution in [0.25, 0.3) is 5.65 Å². The molecule has 1 atom stereocenters. The number of allylic oxidation sites excluding steroid dienone is 1. The average Bonchev–Trinajstić information content (AvgIpc) is 3.08. The van der Waals surface area contributed by atoms with Gasteiger partial charge in [-0.15, -0.1) is 0 Å². The van der Waals surface area contributed by atoms with Gasteiger partial charge in [-0.3, -0.25) is 4.79 Å². The Labute approximate surface area is 176 Å². The summed E-state index contributed by atoms with van der Waals surface area (Å²) < 4.78 is 69.1. The number of nitrogens with one attached hydrogen (secondary N) is 1. The third-order valence-electron chi connectivity index (χ3n) is 6.18. The minimum atomic E-state index is -4.67. The van der Waals surface area contributed by atoms with Crippen LogP contribution in [0, 0.1) is 5.92 Å². The first-order valence-corrected chi connectivity index (χ1v) is 10.5. The topological polar surface area (TPSA) is 46.4 Å². The number of carbonyl (C=O) groups excluding carboxylic acids is 1. The van der Waals surface area contributed by atoms with Crippen molar-refractivity contribution in [2.24, 2.45) is 5.92 Å². The number of fused-ring (bicyclic) bond motifs is 1. The lowest BCUT2D eigenvalue weighted by Crippen LogP contribution is -2.35. The normalized spacial score (nSPS) is 22.0. The van der Waals surface area contributed by atoms with Crippen LogP contribution in [-0.2, 0) is 12.6 Å². The molecule has 1 saturated carbocycles. The van der Waals surface area contributed by atoms with Crippen molar-refractivity contribution in [1.82, 2.24) is 14.7 Å². The quantitative estimate of drug-likeness (QED) is 0.499. The van der Waals surface area contributed by atoms with Gasteiger partial charge in [-0.1, -0.05) is 12.2 Å². The first kappa shape index (κ1) is 21.8. The highest BCUT2D eigenvalue weighted by molar-refractivity contribution is 5.95. The third-order valence-corrected chi connectivity index (χ3v) is 6.18. The number of hydrogen-bond donors (Lipinski definition) is 1. The predicted octanol–water partition coefficient (Wildman–Crippen LogP) is 5.56. The Balaban J connectivity index is 1.59. The van der Waals surface area contributed by atoms with Crippen LogP contribution < -0.4 is 5.32 Å². The van der Waals surface area contributed by atoms with Gasteiger partial charge in [0.15, 0.2) is 5.69 Å². The van der Waals surface area contributed by atoms with Gasteiger partial charge >= 0.3 is 6.18 Å². The van der Waals surface area contributed by atoms with E-state index in [2.05, 4.69) is 10.3 Å². The number of imidazole rings is 1. The number of nitrogens with zero attached hydrogens (tertiary/aromatic N) is 2. The molecule has 1 unspecified atom stereocenters. The van der Waals surface area contributed by atoms with Gasteiger partial charge in [0.05, 0.1) is 5.69 Å². The summed E-state index contributed by atoms with van der Waals surface area (Å²) in [4.78, 5) is 16.3. The van der Waals surface area contributed by atoms with Gasteiger partial charge < -0.3 is 9.72 Å². The van der Waals surface area contributed by atoms with E-state index in [0.29, 0.717) is 0 Å². The van der Waals surface area contributed by atoms with Crippen LogP contribution in [0.4, 0.5) is 22.0 Å². The SMILES string of the molecule is O=C(NC1CC=CCC1)c1ccn2c(CC3CCC(F)(F)CC3)c(C(F)(F)F)nc2c1. The van der Waals surface area contributed by atoms with Crippen LogP contribution in [0.1, 0.15) is 66.7 Å². The first-order valence-electron chi connectivity index (χ1n) is 10.5. The Morgan fingerprint density at radius 1 is 1.19 bits per heavy atom. The second-order valence-corrected chi connectivity index (χ2v) is 8.51. The molecule has 4 nitrogen and oxygen atoms in total. The van der Waals surface area contributed by atoms with E-state index in [1.807, 2.05) is 12.2 Å². The minimum Gasteiger partial charge on any atom is -0.349 e. The van der Waals surface area contributed by atoms with Gasteiger partial charge in [0, 0.05) is 30.6 Å². The monoisotopic (exact) mass is 441 g/mol. The van der Waals surface area contributed by atoms with Crippen LogP contribution in [-0.4, -0.2) is 27.3 Å². The fraction of sp³-hybridized carbons (Fsp3) is 0.545. The Hall–Kier alpha value is -2.45. The molecule has 0 aliphatic heterocycles. The van der Waals surface area contributed by atoms with E-state index in [0.717, 1.165) is 19.3 Å². The fourth-order valence-corrected chi connectivity index (χ4v) is 4.43. The van der Waals surface area contributed by atoms with Crippen molar-refractivity contribution < 1.29 is 26.7 Å². The van der Waals surface area contributed by atoms with Gasteiger partial charge in [0.1, 0.15) is 5.65 Å². The number of carbonyl (C=O) groups is 1. The lowest BCUT2D eigenvalue weighted by atomic mass is 9.83. The third kappa shape index (κ3) is 4.91. The predicted molar refractivity (Wildman–Crippen MR) is 105 cm³/mol. The summed E-state index contributed by atoms with van der Waals surface area (Å²) in [5, 5.41) is 2.90. The largest absolute Gasteiger partial charge is 0.435 e. The molecular formula is C22H24F5N3O. The van der Waals surface area contributed by atoms with Crippen molar-refractivity contribution in [3.05, 3.63) is 47.4 Å². The zero-order chi connectivity index (χ0) is 22.2. The number of aromatic nitrogens is 2. The molecular weight excluding hydrogens is 417 g/mol. The molecule has 2 heterocycles. The summed E-state index contributed by atoms with van der Waals surface area (Å²) in [6, 6.07) is 2.82. The van der Waals surface area contributed by atoms with Crippen molar-refractivity contribution in [2.45, 2.75) is 69.5 Å². The molecule has 0 spiro atoms. The molecule has 0 aromatic carbocycles. The fourth-order valence-electron chi connectivity index (χ4n) is 4.43. The molecule has 0 saturated heterocycles. The number of alkyl halides is 5. The second kappa shape index (κ2) is 8.24. The Kier molecular flexibility index (Phi) is 5.79. The maximum atomic E-state index is 13.7. The number of hydrogen-bond acceptors (Lipinski definition) is 2. The first-order chi connectivity index (χ1) is 14.6. The van der Waals surface area contributed by atoms with Crippen LogP contribution in [0.5, 0.6) is 0 Å². The van der Waals surface area contributed by atoms with Crippen molar-refractivity contribution in [1.29, 1.82) is 0 Å². The molecule has 9 heteroatoms. The van der Waals surface area contributed by atoms with E-state index in [1.165, 1.54) is 22.7 Å². The molecule has 2 aliphatic rings. The van der Waals surface area contributed by atoms with E-state index < -0.39 is 17.8 Å². The average molecular weight is 441 g/mol. The summed E-state index contributed by atoms with van der Waals surface area (Å²) in [6.07, 6.45) is 2.95. The number of rotatable bonds is 4. The van der Waals surface area contributed by atoms with Gasteiger partial charge in [-0.2, -0.15) is 13.2 Å². The molecule has 0 bridgehead atoms. The standard InChI is InChI=1S/C22H24F5N3O/c23-21(24)9-6-14(7-10-21)12-17-19(22(25,26)27)29-18-13-15(8-11-30(17)18)20(31)28-16-4-2-1-3-5-16/h1-2,8,11,13-14,16H,3-7,9-10,12H2,(H,28,31). The van der Waals surface area contributed by atoms with E-state index in [-0.39, 0.29) is 66.9 Å². The summed E-state index contributed by atoms with van der Waals surface area (Å²) >= 11 is 0. The smallest absolute Gasteiger partial charge is 0.349 e. The Bertz CT molecular complexity index is 985.